The van der Waals surface area contributed by atoms with Crippen LogP contribution in [0.4, 0.5) is 0 Å². The van der Waals surface area contributed by atoms with Crippen molar-refractivity contribution in [2.45, 2.75) is 77.4 Å². The van der Waals surface area contributed by atoms with Gasteiger partial charge in [0.1, 0.15) is 8.07 Å². The zero-order chi connectivity index (χ0) is 19.2. The van der Waals surface area contributed by atoms with Crippen LogP contribution in [-0.2, 0) is 9.53 Å². The van der Waals surface area contributed by atoms with Crippen molar-refractivity contribution in [1.82, 2.24) is 0 Å². The zero-order valence-corrected chi connectivity index (χ0v) is 18.1. The summed E-state index contributed by atoms with van der Waals surface area (Å²) in [5, 5.41) is 0. The quantitative estimate of drug-likeness (QED) is 0.361. The number of benzene rings is 1. The van der Waals surface area contributed by atoms with E-state index in [1.54, 1.807) is 0 Å². The molecule has 0 saturated carbocycles. The number of rotatable bonds is 6. The van der Waals surface area contributed by atoms with E-state index in [4.69, 9.17) is 4.74 Å². The lowest BCUT2D eigenvalue weighted by Crippen LogP contribution is -2.43. The molecule has 0 saturated heterocycles. The summed E-state index contributed by atoms with van der Waals surface area (Å²) >= 11 is 0. The highest BCUT2D eigenvalue weighted by Gasteiger charge is 2.41. The molecular weight excluding hydrogens is 324 g/mol. The summed E-state index contributed by atoms with van der Waals surface area (Å²) in [7, 11) is -0.368. The van der Waals surface area contributed by atoms with Gasteiger partial charge in [0.25, 0.3) is 0 Å². The third-order valence-corrected chi connectivity index (χ3v) is 11.7. The van der Waals surface area contributed by atoms with Gasteiger partial charge in [0.15, 0.2) is 0 Å². The van der Waals surface area contributed by atoms with Crippen LogP contribution in [0, 0.1) is 18.4 Å². The topological polar surface area (TPSA) is 26.3 Å². The Hall–Kier alpha value is -1.53. The molecule has 0 N–H and O–H groups in total. The van der Waals surface area contributed by atoms with Crippen molar-refractivity contribution in [2.75, 3.05) is 7.11 Å². The highest BCUT2D eigenvalue weighted by Crippen LogP contribution is 2.41. The van der Waals surface area contributed by atoms with Crippen LogP contribution in [0.3, 0.4) is 0 Å². The Labute approximate surface area is 155 Å². The Morgan fingerprint density at radius 1 is 1.08 bits per heavy atom. The molecule has 0 spiro atoms. The molecule has 0 aliphatic heterocycles. The molecule has 2 nitrogen and oxygen atoms in total. The minimum atomic E-state index is -1.81. The van der Waals surface area contributed by atoms with Gasteiger partial charge in [-0.3, -0.25) is 4.79 Å². The fourth-order valence-electron chi connectivity index (χ4n) is 4.03. The molecule has 0 aliphatic carbocycles. The highest BCUT2D eigenvalue weighted by atomic mass is 28.3. The first-order valence-electron chi connectivity index (χ1n) is 9.31. The van der Waals surface area contributed by atoms with E-state index in [2.05, 4.69) is 78.1 Å². The van der Waals surface area contributed by atoms with Gasteiger partial charge >= 0.3 is 5.97 Å². The van der Waals surface area contributed by atoms with Gasteiger partial charge in [-0.1, -0.05) is 71.4 Å². The summed E-state index contributed by atoms with van der Waals surface area (Å²) in [6.45, 7) is 15.9. The fraction of sp³-hybridized carbons (Fsp3) is 0.591. The largest absolute Gasteiger partial charge is 0.469 e. The van der Waals surface area contributed by atoms with E-state index in [-0.39, 0.29) is 11.9 Å². The SMILES string of the molecule is COC(=O)C[C@@H](C#C[Si](C(C)C)(C(C)C)C(C)C)c1cccc(C)c1. The van der Waals surface area contributed by atoms with E-state index < -0.39 is 8.07 Å². The monoisotopic (exact) mass is 358 g/mol. The number of methoxy groups -OCH3 is 1. The van der Waals surface area contributed by atoms with E-state index in [0.717, 1.165) is 5.56 Å². The van der Waals surface area contributed by atoms with Gasteiger partial charge in [0.05, 0.1) is 19.4 Å². The molecule has 1 aromatic carbocycles. The molecule has 0 aliphatic rings. The molecule has 3 heteroatoms. The molecule has 0 unspecified atom stereocenters. The summed E-state index contributed by atoms with van der Waals surface area (Å²) < 4.78 is 4.91. The summed E-state index contributed by atoms with van der Waals surface area (Å²) in [4.78, 5) is 11.9. The predicted molar refractivity (Wildman–Crippen MR) is 109 cm³/mol. The Morgan fingerprint density at radius 2 is 1.64 bits per heavy atom. The lowest BCUT2D eigenvalue weighted by atomic mass is 9.95. The van der Waals surface area contributed by atoms with Gasteiger partial charge < -0.3 is 4.74 Å². The normalized spacial score (nSPS) is 12.9. The molecule has 138 valence electrons. The maximum Gasteiger partial charge on any atom is 0.307 e. The standard InChI is InChI=1S/C22H34O2Si/c1-16(2)25(17(3)4,18(5)6)13-12-21(15-22(23)24-8)20-11-9-10-19(7)14-20/h9-11,14,16-18,21H,15H2,1-8H3/t21-/m1/s1. The maximum atomic E-state index is 11.9. The van der Waals surface area contributed by atoms with Crippen molar-refractivity contribution in [3.8, 4) is 11.5 Å². The average Bonchev–Trinajstić information content (AvgIpc) is 2.52. The Morgan fingerprint density at radius 3 is 2.08 bits per heavy atom. The van der Waals surface area contributed by atoms with E-state index in [1.165, 1.54) is 12.7 Å². The van der Waals surface area contributed by atoms with Crippen molar-refractivity contribution in [1.29, 1.82) is 0 Å². The van der Waals surface area contributed by atoms with E-state index in [1.807, 2.05) is 6.07 Å². The molecular formula is C22H34O2Si. The van der Waals surface area contributed by atoms with E-state index in [9.17, 15) is 4.79 Å². The Balaban J connectivity index is 3.37. The number of ether oxygens (including phenoxy) is 1. The lowest BCUT2D eigenvalue weighted by Gasteiger charge is -2.38. The summed E-state index contributed by atoms with van der Waals surface area (Å²) in [5.74, 6) is 3.22. The van der Waals surface area contributed by atoms with Crippen LogP contribution in [0.25, 0.3) is 0 Å². The minimum Gasteiger partial charge on any atom is -0.469 e. The van der Waals surface area contributed by atoms with Crippen LogP contribution < -0.4 is 0 Å². The summed E-state index contributed by atoms with van der Waals surface area (Å²) in [5.41, 5.74) is 7.80. The summed E-state index contributed by atoms with van der Waals surface area (Å²) in [6.07, 6.45) is 0.311. The third-order valence-electron chi connectivity index (χ3n) is 5.37. The maximum absolute atomic E-state index is 11.9. The molecule has 1 rings (SSSR count). The second-order valence-corrected chi connectivity index (χ2v) is 13.5. The van der Waals surface area contributed by atoms with Crippen LogP contribution >= 0.6 is 0 Å². The van der Waals surface area contributed by atoms with Crippen LogP contribution in [-0.4, -0.2) is 21.2 Å². The number of hydrogen-bond donors (Lipinski definition) is 0. The first-order valence-corrected chi connectivity index (χ1v) is 11.5. The van der Waals surface area contributed by atoms with E-state index >= 15 is 0 Å². The van der Waals surface area contributed by atoms with Crippen molar-refractivity contribution in [3.05, 3.63) is 35.4 Å². The first kappa shape index (κ1) is 21.5. The smallest absolute Gasteiger partial charge is 0.307 e. The summed E-state index contributed by atoms with van der Waals surface area (Å²) in [6, 6.07) is 8.31. The van der Waals surface area contributed by atoms with Crippen molar-refractivity contribution < 1.29 is 9.53 Å². The molecule has 0 bridgehead atoms. The number of aryl methyl sites for hydroxylation is 1. The Bertz CT molecular complexity index is 613. The number of hydrogen-bond acceptors (Lipinski definition) is 2. The van der Waals surface area contributed by atoms with Crippen LogP contribution in [0.1, 0.15) is 65.0 Å². The second-order valence-electron chi connectivity index (χ2n) is 7.91. The molecule has 1 atom stereocenters. The molecule has 0 radical (unpaired) electrons. The molecule has 0 heterocycles. The lowest BCUT2D eigenvalue weighted by molar-refractivity contribution is -0.140. The van der Waals surface area contributed by atoms with E-state index in [0.29, 0.717) is 23.0 Å². The van der Waals surface area contributed by atoms with Gasteiger partial charge in [-0.05, 0) is 29.1 Å². The number of carbonyl (C=O) groups is 1. The van der Waals surface area contributed by atoms with Crippen LogP contribution in [0.15, 0.2) is 24.3 Å². The predicted octanol–water partition coefficient (Wildman–Crippen LogP) is 5.86. The van der Waals surface area contributed by atoms with Crippen LogP contribution in [0.2, 0.25) is 16.6 Å². The minimum absolute atomic E-state index is 0.101. The number of carbonyl (C=O) groups excluding carboxylic acids is 1. The molecule has 1 aromatic rings. The molecule has 25 heavy (non-hydrogen) atoms. The van der Waals surface area contributed by atoms with Crippen molar-refractivity contribution in [2.24, 2.45) is 0 Å². The zero-order valence-electron chi connectivity index (χ0n) is 17.1. The van der Waals surface area contributed by atoms with Gasteiger partial charge in [-0.15, -0.1) is 11.5 Å². The second kappa shape index (κ2) is 9.24. The Kier molecular flexibility index (Phi) is 7.95. The first-order chi connectivity index (χ1) is 11.6. The highest BCUT2D eigenvalue weighted by molar-refractivity contribution is 6.90. The fourth-order valence-corrected chi connectivity index (χ4v) is 9.32. The van der Waals surface area contributed by atoms with Gasteiger partial charge in [-0.2, -0.15) is 0 Å². The van der Waals surface area contributed by atoms with Gasteiger partial charge in [-0.25, -0.2) is 0 Å². The van der Waals surface area contributed by atoms with Crippen LogP contribution in [0.5, 0.6) is 0 Å². The third kappa shape index (κ3) is 5.22. The molecule has 0 fully saturated rings. The van der Waals surface area contributed by atoms with Gasteiger partial charge in [0, 0.05) is 0 Å². The molecule has 0 aromatic heterocycles. The number of esters is 1. The van der Waals surface area contributed by atoms with Gasteiger partial charge in [0.2, 0.25) is 0 Å². The average molecular weight is 359 g/mol. The molecule has 0 amide bonds. The van der Waals surface area contributed by atoms with Crippen molar-refractivity contribution >= 4 is 14.0 Å². The van der Waals surface area contributed by atoms with Crippen molar-refractivity contribution in [3.63, 3.8) is 0 Å².